The van der Waals surface area contributed by atoms with Gasteiger partial charge >= 0.3 is 0 Å². The van der Waals surface area contributed by atoms with Crippen LogP contribution in [0.5, 0.6) is 0 Å². The van der Waals surface area contributed by atoms with Gasteiger partial charge in [0.15, 0.2) is 17.0 Å². The number of rotatable bonds is 6. The smallest absolute Gasteiger partial charge is 0.207 e. The second kappa shape index (κ2) is 8.54. The fraction of sp³-hybridized carbons (Fsp3) is 0.261. The van der Waals surface area contributed by atoms with Crippen molar-refractivity contribution in [1.82, 2.24) is 19.5 Å². The lowest BCUT2D eigenvalue weighted by atomic mass is 10.0. The number of imidazole rings is 1. The molecule has 164 valence electrons. The molecule has 0 saturated carbocycles. The van der Waals surface area contributed by atoms with Gasteiger partial charge in [0, 0.05) is 13.0 Å². The van der Waals surface area contributed by atoms with E-state index in [4.69, 9.17) is 10.5 Å². The fourth-order valence-electron chi connectivity index (χ4n) is 3.99. The number of aliphatic hydroxyl groups excluding tert-OH is 2. The number of nitrogens with zero attached hydrogens (tertiary/aromatic N) is 4. The summed E-state index contributed by atoms with van der Waals surface area (Å²) in [6, 6.07) is 18.5. The lowest BCUT2D eigenvalue weighted by Gasteiger charge is -2.17. The van der Waals surface area contributed by atoms with Crippen molar-refractivity contribution in [2.75, 3.05) is 17.7 Å². The van der Waals surface area contributed by atoms with Crippen LogP contribution >= 0.6 is 0 Å². The molecule has 0 unspecified atom stereocenters. The number of hydrogen-bond acceptors (Lipinski definition) is 8. The largest absolute Gasteiger partial charge is 0.394 e. The van der Waals surface area contributed by atoms with E-state index in [2.05, 4.69) is 56.7 Å². The number of aromatic nitrogens is 4. The normalized spacial score (nSPS) is 20.6. The van der Waals surface area contributed by atoms with Crippen LogP contribution in [-0.2, 0) is 11.3 Å². The Kier molecular flexibility index (Phi) is 5.44. The average Bonchev–Trinajstić information content (AvgIpc) is 3.39. The molecule has 4 aromatic rings. The second-order valence-electron chi connectivity index (χ2n) is 7.77. The van der Waals surface area contributed by atoms with Gasteiger partial charge in [0.1, 0.15) is 18.7 Å². The zero-order valence-corrected chi connectivity index (χ0v) is 17.3. The second-order valence-corrected chi connectivity index (χ2v) is 7.77. The first-order valence-electron chi connectivity index (χ1n) is 10.4. The first-order chi connectivity index (χ1) is 15.6. The van der Waals surface area contributed by atoms with E-state index < -0.39 is 18.4 Å². The van der Waals surface area contributed by atoms with Gasteiger partial charge in [-0.05, 0) is 16.7 Å². The molecule has 9 heteroatoms. The number of anilines is 2. The zero-order chi connectivity index (χ0) is 22.1. The van der Waals surface area contributed by atoms with Gasteiger partial charge in [0.05, 0.1) is 12.7 Å². The number of ether oxygens (including phenoxy) is 1. The maximum Gasteiger partial charge on any atom is 0.207 e. The average molecular weight is 432 g/mol. The maximum atomic E-state index is 10.2. The summed E-state index contributed by atoms with van der Waals surface area (Å²) in [7, 11) is 0. The van der Waals surface area contributed by atoms with Gasteiger partial charge in [-0.3, -0.25) is 4.57 Å². The number of nitrogens with one attached hydrogen (secondary N) is 1. The van der Waals surface area contributed by atoms with Crippen molar-refractivity contribution in [2.45, 2.75) is 31.4 Å². The Morgan fingerprint density at radius 1 is 1.06 bits per heavy atom. The lowest BCUT2D eigenvalue weighted by Crippen LogP contribution is -2.24. The topological polar surface area (TPSA) is 131 Å². The molecule has 0 radical (unpaired) electrons. The molecule has 1 fully saturated rings. The molecule has 1 aliphatic heterocycles. The zero-order valence-electron chi connectivity index (χ0n) is 17.3. The SMILES string of the molecule is Nc1ncnc2c1nc(NCc1ccc(-c3ccccc3)cc1)n2[C@H]1C[C@H](O)[C@@H](CO)O1. The lowest BCUT2D eigenvalue weighted by molar-refractivity contribution is -0.0425. The van der Waals surface area contributed by atoms with Crippen molar-refractivity contribution in [3.05, 3.63) is 66.5 Å². The number of hydrogen-bond donors (Lipinski definition) is 4. The summed E-state index contributed by atoms with van der Waals surface area (Å²) in [6.07, 6.45) is -0.294. The summed E-state index contributed by atoms with van der Waals surface area (Å²) in [5.74, 6) is 0.774. The summed E-state index contributed by atoms with van der Waals surface area (Å²) in [5, 5.41) is 23.0. The van der Waals surface area contributed by atoms with Gasteiger partial charge in [0.2, 0.25) is 5.95 Å². The third-order valence-electron chi connectivity index (χ3n) is 5.69. The number of fused-ring (bicyclic) bond motifs is 1. The van der Waals surface area contributed by atoms with E-state index in [1.165, 1.54) is 11.9 Å². The highest BCUT2D eigenvalue weighted by Crippen LogP contribution is 2.34. The van der Waals surface area contributed by atoms with Crippen molar-refractivity contribution in [3.63, 3.8) is 0 Å². The molecule has 0 bridgehead atoms. The minimum Gasteiger partial charge on any atom is -0.394 e. The highest BCUT2D eigenvalue weighted by Gasteiger charge is 2.36. The molecule has 0 spiro atoms. The van der Waals surface area contributed by atoms with E-state index in [-0.39, 0.29) is 12.4 Å². The molecule has 1 saturated heterocycles. The predicted octanol–water partition coefficient (Wildman–Crippen LogP) is 2.33. The van der Waals surface area contributed by atoms with E-state index in [0.29, 0.717) is 30.1 Å². The first-order valence-corrected chi connectivity index (χ1v) is 10.4. The third kappa shape index (κ3) is 3.77. The maximum absolute atomic E-state index is 10.2. The molecule has 1 aliphatic rings. The molecular weight excluding hydrogens is 408 g/mol. The van der Waals surface area contributed by atoms with Crippen LogP contribution in [0.25, 0.3) is 22.3 Å². The third-order valence-corrected chi connectivity index (χ3v) is 5.69. The minimum atomic E-state index is -0.778. The van der Waals surface area contributed by atoms with Crippen LogP contribution < -0.4 is 11.1 Å². The van der Waals surface area contributed by atoms with Crippen LogP contribution in [0.1, 0.15) is 18.2 Å². The molecule has 3 atom stereocenters. The van der Waals surface area contributed by atoms with E-state index in [1.807, 2.05) is 18.2 Å². The Morgan fingerprint density at radius 2 is 1.81 bits per heavy atom. The van der Waals surface area contributed by atoms with Crippen LogP contribution in [0.15, 0.2) is 60.9 Å². The van der Waals surface area contributed by atoms with Crippen LogP contribution in [-0.4, -0.2) is 48.5 Å². The summed E-state index contributed by atoms with van der Waals surface area (Å²) in [6.45, 7) is 0.252. The van der Waals surface area contributed by atoms with Crippen LogP contribution in [0.3, 0.4) is 0 Å². The van der Waals surface area contributed by atoms with E-state index in [0.717, 1.165) is 11.1 Å². The standard InChI is InChI=1S/C23H24N6O3/c24-21-20-22(27-13-26-21)29(19-10-17(31)18(12-30)32-19)23(28-20)25-11-14-6-8-16(9-7-14)15-4-2-1-3-5-15/h1-9,13,17-19,30-31H,10-12H2,(H,25,28)(H2,24,26,27)/t17-,18+,19+/m0/s1. The summed E-state index contributed by atoms with van der Waals surface area (Å²) < 4.78 is 7.62. The van der Waals surface area contributed by atoms with Gasteiger partial charge < -0.3 is 26.0 Å². The molecule has 3 heterocycles. The molecule has 2 aromatic heterocycles. The molecule has 5 rings (SSSR count). The van der Waals surface area contributed by atoms with Crippen LogP contribution in [0, 0.1) is 0 Å². The van der Waals surface area contributed by atoms with Crippen LogP contribution in [0.4, 0.5) is 11.8 Å². The number of nitrogens with two attached hydrogens (primary N) is 1. The number of aliphatic hydroxyl groups is 2. The summed E-state index contributed by atoms with van der Waals surface area (Å²) >= 11 is 0. The highest BCUT2D eigenvalue weighted by molar-refractivity contribution is 5.84. The van der Waals surface area contributed by atoms with Crippen molar-refractivity contribution in [3.8, 4) is 11.1 Å². The Hall–Kier alpha value is -3.53. The van der Waals surface area contributed by atoms with Crippen LogP contribution in [0.2, 0.25) is 0 Å². The van der Waals surface area contributed by atoms with E-state index in [1.54, 1.807) is 4.57 Å². The van der Waals surface area contributed by atoms with E-state index in [9.17, 15) is 10.2 Å². The fourth-order valence-corrected chi connectivity index (χ4v) is 3.99. The monoisotopic (exact) mass is 432 g/mol. The quantitative estimate of drug-likeness (QED) is 0.365. The van der Waals surface area contributed by atoms with Gasteiger partial charge in [-0.2, -0.15) is 0 Å². The van der Waals surface area contributed by atoms with Crippen molar-refractivity contribution < 1.29 is 14.9 Å². The Morgan fingerprint density at radius 3 is 2.53 bits per heavy atom. The van der Waals surface area contributed by atoms with Gasteiger partial charge in [-0.1, -0.05) is 54.6 Å². The molecule has 0 amide bonds. The van der Waals surface area contributed by atoms with Gasteiger partial charge in [0.25, 0.3) is 0 Å². The molecule has 32 heavy (non-hydrogen) atoms. The Balaban J connectivity index is 1.41. The molecule has 0 aliphatic carbocycles. The highest BCUT2D eigenvalue weighted by atomic mass is 16.5. The molecular formula is C23H24N6O3. The first kappa shape index (κ1) is 20.4. The van der Waals surface area contributed by atoms with E-state index >= 15 is 0 Å². The van der Waals surface area contributed by atoms with Gasteiger partial charge in [-0.15, -0.1) is 0 Å². The number of nitrogen functional groups attached to an aromatic ring is 1. The van der Waals surface area contributed by atoms with Gasteiger partial charge in [-0.25, -0.2) is 15.0 Å². The molecule has 2 aromatic carbocycles. The Labute approximate surface area is 184 Å². The van der Waals surface area contributed by atoms with Crippen molar-refractivity contribution in [1.29, 1.82) is 0 Å². The number of benzene rings is 2. The predicted molar refractivity (Wildman–Crippen MR) is 121 cm³/mol. The molecule has 5 N–H and O–H groups in total. The van der Waals surface area contributed by atoms with Crippen molar-refractivity contribution >= 4 is 22.9 Å². The molecule has 9 nitrogen and oxygen atoms in total. The summed E-state index contributed by atoms with van der Waals surface area (Å²) in [5.41, 5.74) is 10.4. The van der Waals surface area contributed by atoms with Crippen molar-refractivity contribution in [2.24, 2.45) is 0 Å². The minimum absolute atomic E-state index is 0.265. The Bertz CT molecular complexity index is 1210. The summed E-state index contributed by atoms with van der Waals surface area (Å²) in [4.78, 5) is 12.9.